The summed E-state index contributed by atoms with van der Waals surface area (Å²) in [4.78, 5) is 65.1. The van der Waals surface area contributed by atoms with Gasteiger partial charge in [-0.3, -0.25) is 4.79 Å². The number of carbonyl (C=O) groups excluding carboxylic acids is 1. The molecule has 39 heavy (non-hydrogen) atoms. The van der Waals surface area contributed by atoms with Crippen molar-refractivity contribution in [3.63, 3.8) is 0 Å². The fraction of sp³-hybridized carbons (Fsp3) is 0.957. The van der Waals surface area contributed by atoms with Crippen LogP contribution in [0.25, 0.3) is 0 Å². The minimum Gasteiger partial charge on any atom is -0.822 e. The Morgan fingerprint density at radius 1 is 0.590 bits per heavy atom. The Labute approximate surface area is 326 Å². The third-order valence-corrected chi connectivity index (χ3v) is 5.11. The van der Waals surface area contributed by atoms with Crippen LogP contribution in [0, 0.1) is 0 Å². The van der Waals surface area contributed by atoms with Crippen molar-refractivity contribution in [2.24, 2.45) is 0 Å². The number of hydrogen-bond acceptors (Lipinski definition) is 10. The zero-order chi connectivity index (χ0) is 28.3. The molecule has 0 rings (SSSR count). The van der Waals surface area contributed by atoms with E-state index in [2.05, 4.69) is 31.2 Å². The molecule has 0 bridgehead atoms. The second-order valence-corrected chi connectivity index (χ2v) is 10.9. The van der Waals surface area contributed by atoms with Crippen molar-refractivity contribution in [1.29, 1.82) is 0 Å². The van der Waals surface area contributed by atoms with Gasteiger partial charge in [-0.25, -0.2) is 0 Å². The standard InChI is InChI=1S/C23H48N2O.3Ca.2H3O4P/c1-4-5-6-7-8-9-10-11-12-13-14-15-16-17-18-20-23(26)24-21-19-22-25(2)3;;;;2*1-5(2,3)4/h4-22H2,1-3H3,(H,24,26);;;;2*(H3,1,2,3,4)/q;3*+2;;/p-6. The van der Waals surface area contributed by atoms with Gasteiger partial charge in [-0.2, -0.15) is 15.6 Å². The van der Waals surface area contributed by atoms with Crippen molar-refractivity contribution in [3.8, 4) is 0 Å². The van der Waals surface area contributed by atoms with Gasteiger partial charge in [0, 0.05) is 13.0 Å². The van der Waals surface area contributed by atoms with Gasteiger partial charge in [0.25, 0.3) is 0 Å². The summed E-state index contributed by atoms with van der Waals surface area (Å²) in [6, 6.07) is 0. The van der Waals surface area contributed by atoms with E-state index in [9.17, 15) is 4.79 Å². The first-order chi connectivity index (χ1) is 16.7. The summed E-state index contributed by atoms with van der Waals surface area (Å²) >= 11 is 0. The molecule has 0 saturated carbocycles. The monoisotopic (exact) mass is 678 g/mol. The maximum atomic E-state index is 11.7. The molecule has 0 heterocycles. The first kappa shape index (κ1) is 54.9. The number of amides is 1. The topological polar surface area (TPSA) is 205 Å². The minimum atomic E-state index is -5.39. The fourth-order valence-corrected chi connectivity index (χ4v) is 3.37. The van der Waals surface area contributed by atoms with Gasteiger partial charge in [0.1, 0.15) is 0 Å². The Kier molecular flexibility index (Phi) is 55.5. The van der Waals surface area contributed by atoms with Gasteiger partial charge in [0.05, 0.1) is 0 Å². The van der Waals surface area contributed by atoms with Crippen LogP contribution in [0.4, 0.5) is 0 Å². The Balaban J connectivity index is -0.000000178. The minimum absolute atomic E-state index is 0. The molecular formula is C23H48Ca3N2O9P2. The molecule has 0 unspecified atom stereocenters. The van der Waals surface area contributed by atoms with E-state index in [1.807, 2.05) is 0 Å². The molecule has 0 aromatic carbocycles. The number of carbonyl (C=O) groups is 1. The average molecular weight is 679 g/mol. The van der Waals surface area contributed by atoms with Crippen molar-refractivity contribution in [2.45, 2.75) is 116 Å². The van der Waals surface area contributed by atoms with Crippen molar-refractivity contribution >= 4 is 135 Å². The molecule has 0 aliphatic rings. The first-order valence-electron chi connectivity index (χ1n) is 13.0. The van der Waals surface area contributed by atoms with E-state index >= 15 is 0 Å². The zero-order valence-electron chi connectivity index (χ0n) is 24.6. The number of hydrogen-bond donors (Lipinski definition) is 1. The van der Waals surface area contributed by atoms with E-state index in [-0.39, 0.29) is 119 Å². The normalized spacial score (nSPS) is 10.5. The molecule has 0 aromatic rings. The van der Waals surface area contributed by atoms with Gasteiger partial charge in [0.15, 0.2) is 0 Å². The van der Waals surface area contributed by atoms with Gasteiger partial charge >= 0.3 is 113 Å². The van der Waals surface area contributed by atoms with Crippen LogP contribution in [0.1, 0.15) is 116 Å². The second-order valence-electron chi connectivity index (χ2n) is 9.10. The van der Waals surface area contributed by atoms with Crippen LogP contribution in [0.3, 0.4) is 0 Å². The summed E-state index contributed by atoms with van der Waals surface area (Å²) in [6.07, 6.45) is 22.3. The molecule has 0 aromatic heterocycles. The van der Waals surface area contributed by atoms with Crippen molar-refractivity contribution in [3.05, 3.63) is 0 Å². The Morgan fingerprint density at radius 2 is 0.872 bits per heavy atom. The molecule has 0 spiro atoms. The Hall–Kier alpha value is 3.43. The zero-order valence-corrected chi connectivity index (χ0v) is 33.0. The smallest absolute Gasteiger partial charge is 0.822 e. The van der Waals surface area contributed by atoms with E-state index in [4.69, 9.17) is 38.5 Å². The SMILES string of the molecule is CCCCCCCCCCCCCCCCCC(=O)NCCCN(C)C.O=P([O-])([O-])[O-].O=P([O-])([O-])[O-].[Ca+2].[Ca+2].[Ca+2]. The predicted octanol–water partition coefficient (Wildman–Crippen LogP) is -0.476. The molecular weight excluding hydrogens is 630 g/mol. The van der Waals surface area contributed by atoms with Crippen molar-refractivity contribution in [2.75, 3.05) is 27.2 Å². The summed E-state index contributed by atoms with van der Waals surface area (Å²) in [5.41, 5.74) is 0. The van der Waals surface area contributed by atoms with Gasteiger partial charge in [-0.05, 0) is 33.5 Å². The molecule has 11 nitrogen and oxygen atoms in total. The third-order valence-electron chi connectivity index (χ3n) is 5.11. The quantitative estimate of drug-likeness (QED) is 0.0995. The molecule has 0 saturated heterocycles. The summed E-state index contributed by atoms with van der Waals surface area (Å²) < 4.78 is 17.1. The number of rotatable bonds is 20. The molecule has 0 aliphatic carbocycles. The molecule has 0 aliphatic heterocycles. The molecule has 220 valence electrons. The van der Waals surface area contributed by atoms with Crippen LogP contribution in [-0.4, -0.2) is 151 Å². The van der Waals surface area contributed by atoms with E-state index in [0.29, 0.717) is 6.42 Å². The third kappa shape index (κ3) is 85.6. The summed E-state index contributed by atoms with van der Waals surface area (Å²) in [6.45, 7) is 4.14. The predicted molar refractivity (Wildman–Crippen MR) is 148 cm³/mol. The van der Waals surface area contributed by atoms with E-state index in [1.165, 1.54) is 89.9 Å². The second kappa shape index (κ2) is 39.5. The van der Waals surface area contributed by atoms with E-state index in [1.54, 1.807) is 0 Å². The van der Waals surface area contributed by atoms with Gasteiger partial charge in [-0.15, -0.1) is 0 Å². The Bertz CT molecular complexity index is 549. The van der Waals surface area contributed by atoms with Crippen molar-refractivity contribution < 1.29 is 43.3 Å². The van der Waals surface area contributed by atoms with Crippen LogP contribution in [0.15, 0.2) is 0 Å². The van der Waals surface area contributed by atoms with Gasteiger partial charge < -0.3 is 48.7 Å². The number of unbranched alkanes of at least 4 members (excludes halogenated alkanes) is 14. The largest absolute Gasteiger partial charge is 2.00 e. The summed E-state index contributed by atoms with van der Waals surface area (Å²) in [7, 11) is -6.64. The molecule has 1 N–H and O–H groups in total. The van der Waals surface area contributed by atoms with Crippen LogP contribution >= 0.6 is 15.6 Å². The molecule has 0 fully saturated rings. The Morgan fingerprint density at radius 3 is 1.15 bits per heavy atom. The molecule has 1 amide bonds. The summed E-state index contributed by atoms with van der Waals surface area (Å²) in [5, 5.41) is 3.02. The number of phosphoric acid groups is 2. The van der Waals surface area contributed by atoms with Crippen LogP contribution in [0.5, 0.6) is 0 Å². The van der Waals surface area contributed by atoms with Crippen LogP contribution < -0.4 is 34.7 Å². The number of nitrogens with one attached hydrogen (secondary N) is 1. The van der Waals surface area contributed by atoms with Crippen LogP contribution in [-0.2, 0) is 13.9 Å². The average Bonchev–Trinajstić information content (AvgIpc) is 2.71. The fourth-order valence-electron chi connectivity index (χ4n) is 3.37. The summed E-state index contributed by atoms with van der Waals surface area (Å²) in [5.74, 6) is 0.235. The maximum Gasteiger partial charge on any atom is 2.00 e. The molecule has 0 atom stereocenters. The van der Waals surface area contributed by atoms with E-state index in [0.717, 1.165) is 25.9 Å². The number of nitrogens with zero attached hydrogens (tertiary/aromatic N) is 1. The van der Waals surface area contributed by atoms with Crippen molar-refractivity contribution in [1.82, 2.24) is 10.2 Å². The first-order valence-corrected chi connectivity index (χ1v) is 16.0. The van der Waals surface area contributed by atoms with Gasteiger partial charge in [0.2, 0.25) is 5.91 Å². The van der Waals surface area contributed by atoms with Gasteiger partial charge in [-0.1, -0.05) is 96.8 Å². The molecule has 16 heteroatoms. The van der Waals surface area contributed by atoms with Crippen LogP contribution in [0.2, 0.25) is 0 Å². The molecule has 0 radical (unpaired) electrons. The maximum absolute atomic E-state index is 11.7. The van der Waals surface area contributed by atoms with E-state index < -0.39 is 15.6 Å².